The van der Waals surface area contributed by atoms with E-state index in [1.54, 1.807) is 0 Å². The van der Waals surface area contributed by atoms with Gasteiger partial charge in [-0.25, -0.2) is 4.57 Å². The number of quaternary nitrogens is 1. The van der Waals surface area contributed by atoms with Gasteiger partial charge in [0, 0.05) is 12.8 Å². The normalized spacial score (nSPS) is 14.5. The molecule has 0 heterocycles. The van der Waals surface area contributed by atoms with Crippen LogP contribution in [0.4, 0.5) is 0 Å². The Morgan fingerprint density at radius 2 is 1.09 bits per heavy atom. The number of carbonyl (C=O) groups is 2. The lowest BCUT2D eigenvalue weighted by atomic mass is 10.1. The number of phosphoric acid groups is 1. The molecule has 0 aliphatic rings. The summed E-state index contributed by atoms with van der Waals surface area (Å²) in [6.07, 6.45) is 47.7. The van der Waals surface area contributed by atoms with Crippen molar-refractivity contribution in [3.05, 3.63) is 85.1 Å². The van der Waals surface area contributed by atoms with Crippen molar-refractivity contribution in [1.29, 1.82) is 0 Å². The lowest BCUT2D eigenvalue weighted by Crippen LogP contribution is -2.37. The molecule has 0 saturated carbocycles. The van der Waals surface area contributed by atoms with Gasteiger partial charge < -0.3 is 18.9 Å². The van der Waals surface area contributed by atoms with Crippen molar-refractivity contribution >= 4 is 19.8 Å². The highest BCUT2D eigenvalue weighted by Crippen LogP contribution is 2.43. The molecule has 0 aliphatic heterocycles. The number of rotatable bonds is 37. The minimum absolute atomic E-state index is 0.0177. The first-order valence-electron chi connectivity index (χ1n) is 21.4. The minimum Gasteiger partial charge on any atom is -0.462 e. The second-order valence-electron chi connectivity index (χ2n) is 15.1. The van der Waals surface area contributed by atoms with E-state index in [1.165, 1.54) is 25.7 Å². The molecule has 0 radical (unpaired) electrons. The summed E-state index contributed by atoms with van der Waals surface area (Å²) in [5.74, 6) is -0.861. The molecule has 0 aromatic carbocycles. The van der Waals surface area contributed by atoms with Crippen molar-refractivity contribution in [3.8, 4) is 0 Å². The summed E-state index contributed by atoms with van der Waals surface area (Å²) in [6, 6.07) is 0. The van der Waals surface area contributed by atoms with Gasteiger partial charge in [-0.05, 0) is 70.6 Å². The Morgan fingerprint density at radius 1 is 0.589 bits per heavy atom. The molecule has 0 amide bonds. The number of esters is 2. The molecule has 0 bridgehead atoms. The van der Waals surface area contributed by atoms with E-state index < -0.39 is 32.5 Å². The number of likely N-dealkylation sites (N-methyl/N-ethyl adjacent to an activating group) is 1. The highest BCUT2D eigenvalue weighted by atomic mass is 31.2. The van der Waals surface area contributed by atoms with E-state index in [1.807, 2.05) is 51.5 Å². The number of allylic oxidation sites excluding steroid dienone is 14. The van der Waals surface area contributed by atoms with Crippen LogP contribution in [0.1, 0.15) is 142 Å². The zero-order valence-corrected chi connectivity index (χ0v) is 36.7. The number of hydrogen-bond acceptors (Lipinski definition) is 7. The number of carbonyl (C=O) groups excluding carboxylic acids is 2. The third kappa shape index (κ3) is 40.8. The van der Waals surface area contributed by atoms with Crippen LogP contribution in [0, 0.1) is 0 Å². The van der Waals surface area contributed by atoms with E-state index in [0.29, 0.717) is 23.9 Å². The SMILES string of the molecule is CC/C=C/C=C/C=C/C=C/CCCCCCCC(=O)O[C@H](COC(=O)CCCCCC/C=C/C/C=C/C/C=C/CCCCC)COP(=O)(O)OCC[N+](C)(C)C. The topological polar surface area (TPSA) is 108 Å². The van der Waals surface area contributed by atoms with Gasteiger partial charge in [0.1, 0.15) is 19.8 Å². The summed E-state index contributed by atoms with van der Waals surface area (Å²) < 4.78 is 34.2. The third-order valence-electron chi connectivity index (χ3n) is 8.50. The van der Waals surface area contributed by atoms with Crippen LogP contribution in [0.3, 0.4) is 0 Å². The average Bonchev–Trinajstić information content (AvgIpc) is 3.15. The Labute approximate surface area is 341 Å². The summed E-state index contributed by atoms with van der Waals surface area (Å²) in [6.45, 7) is 4.17. The van der Waals surface area contributed by atoms with Gasteiger partial charge in [-0.1, -0.05) is 144 Å². The Hall–Kier alpha value is -2.81. The Kier molecular flexibility index (Phi) is 35.9. The number of hydrogen-bond donors (Lipinski definition) is 1. The average molecular weight is 805 g/mol. The molecule has 0 aromatic heterocycles. The van der Waals surface area contributed by atoms with E-state index in [4.69, 9.17) is 18.5 Å². The first kappa shape index (κ1) is 53.2. The zero-order chi connectivity index (χ0) is 41.4. The number of nitrogens with zero attached hydrogens (tertiary/aromatic N) is 1. The lowest BCUT2D eigenvalue weighted by molar-refractivity contribution is -0.870. The molecule has 1 N–H and O–H groups in total. The van der Waals surface area contributed by atoms with Crippen LogP contribution in [0.5, 0.6) is 0 Å². The van der Waals surface area contributed by atoms with E-state index in [-0.39, 0.29) is 26.1 Å². The monoisotopic (exact) mass is 805 g/mol. The molecular formula is C46H79NO8P+. The summed E-state index contributed by atoms with van der Waals surface area (Å²) in [5, 5.41) is 0. The molecule has 0 fully saturated rings. The standard InChI is InChI=1S/C46H78NO8P/c1-6-8-10-12-14-16-18-20-22-23-25-26-28-30-32-34-36-38-45(48)52-42-44(43-54-56(50,51)53-41-40-47(3,4)5)55-46(49)39-37-35-33-31-29-27-24-21-19-17-15-13-11-9-7-2/h9,11,13-17,19-22,24-26,44H,6-8,10,12,18,23,27-43H2,1-5H3/p+1/b11-9+,15-13+,16-14+,19-17+,22-20+,24-21+,26-25+/t44-/m1/s1. The predicted octanol–water partition coefficient (Wildman–Crippen LogP) is 12.0. The van der Waals surface area contributed by atoms with Crippen LogP contribution in [-0.4, -0.2) is 74.9 Å². The summed E-state index contributed by atoms with van der Waals surface area (Å²) in [5.41, 5.74) is 0. The fourth-order valence-corrected chi connectivity index (χ4v) is 5.89. The van der Waals surface area contributed by atoms with E-state index >= 15 is 0 Å². The van der Waals surface area contributed by atoms with Crippen LogP contribution >= 0.6 is 7.82 Å². The molecule has 1 unspecified atom stereocenters. The van der Waals surface area contributed by atoms with Crippen LogP contribution in [0.2, 0.25) is 0 Å². The number of unbranched alkanes of at least 4 members (excludes halogenated alkanes) is 12. The van der Waals surface area contributed by atoms with E-state index in [9.17, 15) is 19.0 Å². The van der Waals surface area contributed by atoms with Gasteiger partial charge in [-0.2, -0.15) is 0 Å². The maximum absolute atomic E-state index is 12.7. The summed E-state index contributed by atoms with van der Waals surface area (Å²) in [7, 11) is 1.43. The zero-order valence-electron chi connectivity index (χ0n) is 35.8. The predicted molar refractivity (Wildman–Crippen MR) is 233 cm³/mol. The first-order valence-corrected chi connectivity index (χ1v) is 22.9. The first-order chi connectivity index (χ1) is 27.0. The van der Waals surface area contributed by atoms with Gasteiger partial charge in [-0.15, -0.1) is 0 Å². The van der Waals surface area contributed by atoms with Crippen molar-refractivity contribution in [1.82, 2.24) is 0 Å². The Balaban J connectivity index is 4.48. The van der Waals surface area contributed by atoms with Crippen molar-refractivity contribution in [2.75, 3.05) is 47.5 Å². The van der Waals surface area contributed by atoms with Gasteiger partial charge in [0.2, 0.25) is 0 Å². The molecular weight excluding hydrogens is 725 g/mol. The van der Waals surface area contributed by atoms with Crippen LogP contribution in [0.25, 0.3) is 0 Å². The second kappa shape index (κ2) is 37.7. The number of phosphoric ester groups is 1. The summed E-state index contributed by atoms with van der Waals surface area (Å²) >= 11 is 0. The summed E-state index contributed by atoms with van der Waals surface area (Å²) in [4.78, 5) is 35.3. The quantitative estimate of drug-likeness (QED) is 0.0165. The van der Waals surface area contributed by atoms with Gasteiger partial charge in [0.25, 0.3) is 0 Å². The molecule has 0 aliphatic carbocycles. The molecule has 9 nitrogen and oxygen atoms in total. The van der Waals surface area contributed by atoms with Gasteiger partial charge >= 0.3 is 19.8 Å². The number of ether oxygens (including phenoxy) is 2. The Bertz CT molecular complexity index is 1230. The molecule has 56 heavy (non-hydrogen) atoms. The van der Waals surface area contributed by atoms with Crippen molar-refractivity contribution < 1.29 is 42.1 Å². The van der Waals surface area contributed by atoms with Crippen LogP contribution < -0.4 is 0 Å². The maximum Gasteiger partial charge on any atom is 0.472 e. The molecule has 0 aromatic rings. The second-order valence-corrected chi connectivity index (χ2v) is 16.5. The van der Waals surface area contributed by atoms with Crippen LogP contribution in [-0.2, 0) is 32.7 Å². The van der Waals surface area contributed by atoms with E-state index in [2.05, 4.69) is 68.5 Å². The molecule has 0 spiro atoms. The van der Waals surface area contributed by atoms with Gasteiger partial charge in [-0.3, -0.25) is 18.6 Å². The van der Waals surface area contributed by atoms with Crippen molar-refractivity contribution in [2.45, 2.75) is 148 Å². The lowest BCUT2D eigenvalue weighted by Gasteiger charge is -2.24. The maximum atomic E-state index is 12.7. The smallest absolute Gasteiger partial charge is 0.462 e. The molecule has 10 heteroatoms. The molecule has 2 atom stereocenters. The van der Waals surface area contributed by atoms with Crippen LogP contribution in [0.15, 0.2) is 85.1 Å². The molecule has 320 valence electrons. The minimum atomic E-state index is -4.39. The van der Waals surface area contributed by atoms with Gasteiger partial charge in [0.15, 0.2) is 6.10 Å². The highest BCUT2D eigenvalue weighted by molar-refractivity contribution is 7.47. The van der Waals surface area contributed by atoms with Gasteiger partial charge in [0.05, 0.1) is 27.7 Å². The molecule has 0 saturated heterocycles. The van der Waals surface area contributed by atoms with Crippen molar-refractivity contribution in [3.63, 3.8) is 0 Å². The third-order valence-corrected chi connectivity index (χ3v) is 9.49. The van der Waals surface area contributed by atoms with Crippen molar-refractivity contribution in [2.24, 2.45) is 0 Å². The largest absolute Gasteiger partial charge is 0.472 e. The highest BCUT2D eigenvalue weighted by Gasteiger charge is 2.27. The fraction of sp³-hybridized carbons (Fsp3) is 0.652. The molecule has 0 rings (SSSR count). The fourth-order valence-electron chi connectivity index (χ4n) is 5.15. The van der Waals surface area contributed by atoms with E-state index in [0.717, 1.165) is 77.0 Å². The Morgan fingerprint density at radius 3 is 1.68 bits per heavy atom.